The quantitative estimate of drug-likeness (QED) is 0.790. The van der Waals surface area contributed by atoms with Crippen LogP contribution in [0, 0.1) is 5.82 Å². The fourth-order valence-corrected chi connectivity index (χ4v) is 2.96. The molecule has 1 atom stereocenters. The van der Waals surface area contributed by atoms with Crippen molar-refractivity contribution in [3.05, 3.63) is 47.5 Å². The predicted molar refractivity (Wildman–Crippen MR) is 90.5 cm³/mol. The summed E-state index contributed by atoms with van der Waals surface area (Å²) in [7, 11) is 1.89. The van der Waals surface area contributed by atoms with Gasteiger partial charge in [0.05, 0.1) is 18.8 Å². The van der Waals surface area contributed by atoms with Gasteiger partial charge in [0.2, 0.25) is 5.91 Å². The Hall–Kier alpha value is -2.90. The predicted octanol–water partition coefficient (Wildman–Crippen LogP) is 1.87. The number of hydrogen-bond acceptors (Lipinski definition) is 3. The number of rotatable bonds is 4. The second-order valence-corrected chi connectivity index (χ2v) is 6.00. The molecule has 8 heteroatoms. The van der Waals surface area contributed by atoms with Crippen LogP contribution in [0.25, 0.3) is 0 Å². The van der Waals surface area contributed by atoms with E-state index < -0.39 is 6.03 Å². The number of amides is 3. The van der Waals surface area contributed by atoms with Crippen molar-refractivity contribution in [1.29, 1.82) is 0 Å². The zero-order valence-electron chi connectivity index (χ0n) is 13.9. The van der Waals surface area contributed by atoms with Crippen LogP contribution in [0.2, 0.25) is 0 Å². The van der Waals surface area contributed by atoms with Gasteiger partial charge in [0.15, 0.2) is 0 Å². The molecule has 0 radical (unpaired) electrons. The van der Waals surface area contributed by atoms with Gasteiger partial charge in [-0.05, 0) is 43.5 Å². The van der Waals surface area contributed by atoms with E-state index in [4.69, 9.17) is 0 Å². The average molecular weight is 345 g/mol. The Morgan fingerprint density at radius 1 is 1.32 bits per heavy atom. The molecule has 1 aliphatic rings. The minimum atomic E-state index is -0.407. The Labute approximate surface area is 144 Å². The Bertz CT molecular complexity index is 772. The number of benzene rings is 1. The van der Waals surface area contributed by atoms with E-state index >= 15 is 0 Å². The molecule has 2 aromatic rings. The molecule has 3 amide bonds. The Morgan fingerprint density at radius 3 is 2.84 bits per heavy atom. The number of aromatic nitrogens is 2. The molecular formula is C17H20FN5O2. The number of fused-ring (bicyclic) bond motifs is 1. The van der Waals surface area contributed by atoms with Crippen LogP contribution in [0.15, 0.2) is 30.5 Å². The van der Waals surface area contributed by atoms with Gasteiger partial charge in [0.1, 0.15) is 5.82 Å². The summed E-state index contributed by atoms with van der Waals surface area (Å²) in [5.74, 6) is -0.759. The summed E-state index contributed by atoms with van der Waals surface area (Å²) in [6.07, 6.45) is 4.54. The number of aryl methyl sites for hydroxylation is 1. The van der Waals surface area contributed by atoms with Crippen LogP contribution < -0.4 is 16.0 Å². The highest BCUT2D eigenvalue weighted by molar-refractivity contribution is 5.94. The van der Waals surface area contributed by atoms with E-state index in [-0.39, 0.29) is 24.3 Å². The molecule has 0 unspecified atom stereocenters. The summed E-state index contributed by atoms with van der Waals surface area (Å²) in [4.78, 5) is 23.9. The highest BCUT2D eigenvalue weighted by atomic mass is 19.1. The summed E-state index contributed by atoms with van der Waals surface area (Å²) in [5.41, 5.74) is 2.63. The van der Waals surface area contributed by atoms with E-state index in [1.54, 1.807) is 6.20 Å². The summed E-state index contributed by atoms with van der Waals surface area (Å²) < 4.78 is 14.7. The van der Waals surface area contributed by atoms with E-state index in [2.05, 4.69) is 21.0 Å². The maximum Gasteiger partial charge on any atom is 0.315 e. The zero-order valence-corrected chi connectivity index (χ0v) is 13.9. The van der Waals surface area contributed by atoms with Crippen LogP contribution in [0.1, 0.15) is 30.1 Å². The minimum absolute atomic E-state index is 0.0994. The van der Waals surface area contributed by atoms with Crippen molar-refractivity contribution in [1.82, 2.24) is 20.4 Å². The van der Waals surface area contributed by atoms with E-state index in [0.29, 0.717) is 5.69 Å². The highest BCUT2D eigenvalue weighted by Gasteiger charge is 2.24. The monoisotopic (exact) mass is 345 g/mol. The molecule has 0 spiro atoms. The molecular weight excluding hydrogens is 325 g/mol. The molecule has 0 saturated carbocycles. The first-order valence-electron chi connectivity index (χ1n) is 8.13. The molecule has 1 aromatic carbocycles. The third-order valence-electron chi connectivity index (χ3n) is 4.22. The van der Waals surface area contributed by atoms with Gasteiger partial charge in [0, 0.05) is 24.0 Å². The molecule has 3 rings (SSSR count). The van der Waals surface area contributed by atoms with Crippen LogP contribution in [0.5, 0.6) is 0 Å². The smallest absolute Gasteiger partial charge is 0.315 e. The first-order chi connectivity index (χ1) is 12.0. The molecule has 132 valence electrons. The number of urea groups is 1. The van der Waals surface area contributed by atoms with Crippen molar-refractivity contribution in [3.8, 4) is 0 Å². The van der Waals surface area contributed by atoms with Crippen molar-refractivity contribution < 1.29 is 14.0 Å². The summed E-state index contributed by atoms with van der Waals surface area (Å²) in [5, 5.41) is 12.2. The van der Waals surface area contributed by atoms with E-state index in [0.717, 1.165) is 30.5 Å². The number of carbonyl (C=O) groups is 2. The first-order valence-corrected chi connectivity index (χ1v) is 8.13. The van der Waals surface area contributed by atoms with Gasteiger partial charge in [-0.15, -0.1) is 0 Å². The molecule has 0 saturated heterocycles. The minimum Gasteiger partial charge on any atom is -0.331 e. The van der Waals surface area contributed by atoms with Gasteiger partial charge in [-0.1, -0.05) is 0 Å². The molecule has 0 fully saturated rings. The van der Waals surface area contributed by atoms with Crippen LogP contribution in [-0.4, -0.2) is 28.3 Å². The fraction of sp³-hybridized carbons (Fsp3) is 0.353. The van der Waals surface area contributed by atoms with Crippen molar-refractivity contribution in [2.24, 2.45) is 7.05 Å². The zero-order chi connectivity index (χ0) is 17.8. The Balaban J connectivity index is 1.48. The van der Waals surface area contributed by atoms with Gasteiger partial charge >= 0.3 is 6.03 Å². The molecule has 1 aliphatic carbocycles. The maximum absolute atomic E-state index is 12.8. The van der Waals surface area contributed by atoms with E-state index in [1.165, 1.54) is 24.3 Å². The van der Waals surface area contributed by atoms with Crippen LogP contribution in [0.3, 0.4) is 0 Å². The summed E-state index contributed by atoms with van der Waals surface area (Å²) >= 11 is 0. The third-order valence-corrected chi connectivity index (χ3v) is 4.22. The number of nitrogens with zero attached hydrogens (tertiary/aromatic N) is 2. The number of anilines is 1. The number of carbonyl (C=O) groups excluding carboxylic acids is 2. The second kappa shape index (κ2) is 7.33. The van der Waals surface area contributed by atoms with Crippen LogP contribution in [-0.2, 0) is 18.3 Å². The lowest BCUT2D eigenvalue weighted by molar-refractivity contribution is -0.115. The van der Waals surface area contributed by atoms with Gasteiger partial charge in [-0.3, -0.25) is 9.48 Å². The molecule has 0 bridgehead atoms. The van der Waals surface area contributed by atoms with Crippen molar-refractivity contribution >= 4 is 17.6 Å². The van der Waals surface area contributed by atoms with Gasteiger partial charge in [-0.25, -0.2) is 9.18 Å². The Morgan fingerprint density at radius 2 is 2.08 bits per heavy atom. The number of hydrogen-bond donors (Lipinski definition) is 3. The van der Waals surface area contributed by atoms with Crippen LogP contribution in [0.4, 0.5) is 14.9 Å². The fourth-order valence-electron chi connectivity index (χ4n) is 2.96. The van der Waals surface area contributed by atoms with Gasteiger partial charge in [0.25, 0.3) is 0 Å². The molecule has 1 heterocycles. The molecule has 1 aromatic heterocycles. The SMILES string of the molecule is Cn1ncc2c1CCC[C@@H]2NC(=O)NCC(=O)Nc1ccc(F)cc1. The van der Waals surface area contributed by atoms with E-state index in [1.807, 2.05) is 11.7 Å². The molecule has 7 nitrogen and oxygen atoms in total. The third kappa shape index (κ3) is 4.14. The molecule has 25 heavy (non-hydrogen) atoms. The van der Waals surface area contributed by atoms with E-state index in [9.17, 15) is 14.0 Å². The average Bonchev–Trinajstić information content (AvgIpc) is 2.98. The van der Waals surface area contributed by atoms with Crippen molar-refractivity contribution in [3.63, 3.8) is 0 Å². The highest BCUT2D eigenvalue weighted by Crippen LogP contribution is 2.28. The second-order valence-electron chi connectivity index (χ2n) is 6.00. The molecule has 0 aliphatic heterocycles. The summed E-state index contributed by atoms with van der Waals surface area (Å²) in [6, 6.07) is 4.92. The normalized spacial score (nSPS) is 16.0. The lowest BCUT2D eigenvalue weighted by Crippen LogP contribution is -2.42. The van der Waals surface area contributed by atoms with Crippen molar-refractivity contribution in [2.75, 3.05) is 11.9 Å². The van der Waals surface area contributed by atoms with Gasteiger partial charge in [-0.2, -0.15) is 5.10 Å². The van der Waals surface area contributed by atoms with Crippen molar-refractivity contribution in [2.45, 2.75) is 25.3 Å². The lowest BCUT2D eigenvalue weighted by atomic mass is 9.93. The Kier molecular flexibility index (Phi) is 4.97. The first kappa shape index (κ1) is 16.9. The standard InChI is InChI=1S/C17H20FN5O2/c1-23-15-4-2-3-14(13(15)9-20-23)22-17(25)19-10-16(24)21-12-7-5-11(18)6-8-12/h5-9,14H,2-4,10H2,1H3,(H,21,24)(H2,19,22,25)/t14-/m0/s1. The summed E-state index contributed by atoms with van der Waals surface area (Å²) in [6.45, 7) is -0.171. The number of nitrogens with one attached hydrogen (secondary N) is 3. The number of halogens is 1. The lowest BCUT2D eigenvalue weighted by Gasteiger charge is -2.23. The van der Waals surface area contributed by atoms with Crippen LogP contribution >= 0.6 is 0 Å². The molecule has 3 N–H and O–H groups in total. The maximum atomic E-state index is 12.8. The topological polar surface area (TPSA) is 88.1 Å². The largest absolute Gasteiger partial charge is 0.331 e. The van der Waals surface area contributed by atoms with Gasteiger partial charge < -0.3 is 16.0 Å².